The number of hydroxylamine groups is 2. The van der Waals surface area contributed by atoms with Gasteiger partial charge in [0, 0.05) is 24.2 Å². The molecule has 0 saturated heterocycles. The zero-order valence-electron chi connectivity index (χ0n) is 15.2. The van der Waals surface area contributed by atoms with Crippen LogP contribution in [0.4, 0.5) is 11.4 Å². The van der Waals surface area contributed by atoms with Gasteiger partial charge in [-0.15, -0.1) is 0 Å². The number of rotatable bonds is 7. The fraction of sp³-hybridized carbons (Fsp3) is 0.263. The molecule has 1 amide bonds. The molecule has 1 unspecified atom stereocenters. The van der Waals surface area contributed by atoms with E-state index < -0.39 is 5.97 Å². The number of unbranched alkanes of at least 4 members (excludes halogenated alkanes) is 1. The van der Waals surface area contributed by atoms with Crippen molar-refractivity contribution in [3.63, 3.8) is 0 Å². The molecule has 1 N–H and O–H groups in total. The van der Waals surface area contributed by atoms with Gasteiger partial charge < -0.3 is 4.84 Å². The van der Waals surface area contributed by atoms with Crippen molar-refractivity contribution in [2.75, 3.05) is 6.54 Å². The second-order valence-electron chi connectivity index (χ2n) is 6.12. The van der Waals surface area contributed by atoms with Crippen LogP contribution in [0, 0.1) is 0 Å². The SMILES string of the molecule is CCCC[N+]1(OC(=O)c2ccc(ONC(C)=O)cc2)N=Nc2ccccc21. The number of amides is 1. The molecule has 0 fully saturated rings. The lowest BCUT2D eigenvalue weighted by molar-refractivity contribution is -0.125. The van der Waals surface area contributed by atoms with Crippen molar-refractivity contribution < 1.29 is 19.3 Å². The molecule has 0 saturated carbocycles. The third-order valence-corrected chi connectivity index (χ3v) is 4.01. The van der Waals surface area contributed by atoms with Gasteiger partial charge in [0.05, 0.1) is 10.8 Å². The van der Waals surface area contributed by atoms with Crippen LogP contribution in [0.5, 0.6) is 5.75 Å². The fourth-order valence-corrected chi connectivity index (χ4v) is 2.64. The number of nitrogens with one attached hydrogen (secondary N) is 1. The van der Waals surface area contributed by atoms with Gasteiger partial charge in [0.25, 0.3) is 0 Å². The van der Waals surface area contributed by atoms with Crippen molar-refractivity contribution in [3.05, 3.63) is 54.1 Å². The number of carbonyl (C=O) groups excluding carboxylic acids is 2. The van der Waals surface area contributed by atoms with E-state index in [1.54, 1.807) is 24.3 Å². The normalized spacial score (nSPS) is 17.3. The molecule has 8 nitrogen and oxygen atoms in total. The topological polar surface area (TPSA) is 89.3 Å². The highest BCUT2D eigenvalue weighted by molar-refractivity contribution is 5.90. The number of hydrogen-bond donors (Lipinski definition) is 1. The van der Waals surface area contributed by atoms with Crippen LogP contribution in [0.15, 0.2) is 58.9 Å². The van der Waals surface area contributed by atoms with E-state index in [4.69, 9.17) is 9.68 Å². The third kappa shape index (κ3) is 4.12. The van der Waals surface area contributed by atoms with Crippen LogP contribution in [0.1, 0.15) is 37.0 Å². The Labute approximate surface area is 156 Å². The van der Waals surface area contributed by atoms with Crippen LogP contribution < -0.4 is 15.1 Å². The number of para-hydroxylation sites is 1. The number of quaternary nitrogens is 1. The lowest BCUT2D eigenvalue weighted by atomic mass is 10.2. The molecule has 0 spiro atoms. The molecule has 0 bridgehead atoms. The average molecular weight is 369 g/mol. The molecule has 2 aromatic rings. The number of fused-ring (bicyclic) bond motifs is 1. The maximum absolute atomic E-state index is 12.7. The van der Waals surface area contributed by atoms with E-state index in [9.17, 15) is 9.59 Å². The fourth-order valence-electron chi connectivity index (χ4n) is 2.64. The van der Waals surface area contributed by atoms with E-state index in [-0.39, 0.29) is 10.7 Å². The summed E-state index contributed by atoms with van der Waals surface area (Å²) in [5.41, 5.74) is 4.01. The zero-order valence-corrected chi connectivity index (χ0v) is 15.2. The van der Waals surface area contributed by atoms with Crippen LogP contribution >= 0.6 is 0 Å². The quantitative estimate of drug-likeness (QED) is 0.590. The van der Waals surface area contributed by atoms with Crippen LogP contribution in [0.3, 0.4) is 0 Å². The second-order valence-corrected chi connectivity index (χ2v) is 6.12. The van der Waals surface area contributed by atoms with E-state index in [1.165, 1.54) is 6.92 Å². The maximum atomic E-state index is 12.7. The summed E-state index contributed by atoms with van der Waals surface area (Å²) in [6.45, 7) is 3.91. The Bertz CT molecular complexity index is 866. The first-order valence-corrected chi connectivity index (χ1v) is 8.72. The Balaban J connectivity index is 1.78. The summed E-state index contributed by atoms with van der Waals surface area (Å²) < 4.78 is -0.299. The molecule has 2 aromatic carbocycles. The van der Waals surface area contributed by atoms with E-state index in [0.29, 0.717) is 23.5 Å². The summed E-state index contributed by atoms with van der Waals surface area (Å²) in [4.78, 5) is 34.4. The minimum Gasteiger partial charge on any atom is -0.380 e. The van der Waals surface area contributed by atoms with Gasteiger partial charge in [-0.25, -0.2) is 9.63 Å². The molecule has 0 radical (unpaired) electrons. The minimum atomic E-state index is -0.521. The molecule has 1 atom stereocenters. The summed E-state index contributed by atoms with van der Waals surface area (Å²) in [6, 6.07) is 13.7. The van der Waals surface area contributed by atoms with Crippen molar-refractivity contribution in [1.82, 2.24) is 10.2 Å². The van der Waals surface area contributed by atoms with Crippen molar-refractivity contribution >= 4 is 23.3 Å². The first-order chi connectivity index (χ1) is 13.0. The molecule has 3 rings (SSSR count). The molecule has 0 aromatic heterocycles. The lowest BCUT2D eigenvalue weighted by Crippen LogP contribution is -2.44. The number of benzene rings is 2. The van der Waals surface area contributed by atoms with Gasteiger partial charge in [-0.05, 0) is 30.3 Å². The van der Waals surface area contributed by atoms with Crippen molar-refractivity contribution in [2.45, 2.75) is 26.7 Å². The Kier molecular flexibility index (Phi) is 5.46. The number of nitrogens with zero attached hydrogens (tertiary/aromatic N) is 3. The van der Waals surface area contributed by atoms with Crippen LogP contribution in [-0.2, 0) is 9.63 Å². The Hall–Kier alpha value is -3.26. The summed E-state index contributed by atoms with van der Waals surface area (Å²) in [5.74, 6) is -0.436. The Morgan fingerprint density at radius 1 is 1.11 bits per heavy atom. The highest BCUT2D eigenvalue weighted by Gasteiger charge is 2.44. The molecular formula is C19H21N4O4+. The maximum Gasteiger partial charge on any atom is 0.401 e. The summed E-state index contributed by atoms with van der Waals surface area (Å²) in [5, 5.41) is 8.42. The van der Waals surface area contributed by atoms with Crippen LogP contribution in [0.25, 0.3) is 0 Å². The monoisotopic (exact) mass is 369 g/mol. The van der Waals surface area contributed by atoms with Crippen molar-refractivity contribution in [2.24, 2.45) is 10.3 Å². The average Bonchev–Trinajstić information content (AvgIpc) is 3.04. The molecule has 1 aliphatic rings. The van der Waals surface area contributed by atoms with Crippen molar-refractivity contribution in [1.29, 1.82) is 0 Å². The highest BCUT2D eigenvalue weighted by Crippen LogP contribution is 2.41. The largest absolute Gasteiger partial charge is 0.401 e. The lowest BCUT2D eigenvalue weighted by Gasteiger charge is -2.23. The van der Waals surface area contributed by atoms with E-state index in [1.807, 2.05) is 24.3 Å². The van der Waals surface area contributed by atoms with Gasteiger partial charge in [-0.2, -0.15) is 5.48 Å². The van der Waals surface area contributed by atoms with E-state index in [0.717, 1.165) is 18.5 Å². The molecule has 8 heteroatoms. The molecule has 0 aliphatic carbocycles. The van der Waals surface area contributed by atoms with Gasteiger partial charge in [0.1, 0.15) is 0 Å². The number of carbonyl (C=O) groups is 2. The molecule has 1 heterocycles. The summed E-state index contributed by atoms with van der Waals surface area (Å²) >= 11 is 0. The van der Waals surface area contributed by atoms with E-state index >= 15 is 0 Å². The molecular weight excluding hydrogens is 348 g/mol. The predicted molar refractivity (Wildman–Crippen MR) is 98.8 cm³/mol. The number of hydrogen-bond acceptors (Lipinski definition) is 6. The molecule has 140 valence electrons. The van der Waals surface area contributed by atoms with Gasteiger partial charge in [0.2, 0.25) is 11.6 Å². The first kappa shape index (κ1) is 18.5. The van der Waals surface area contributed by atoms with Crippen molar-refractivity contribution in [3.8, 4) is 5.75 Å². The van der Waals surface area contributed by atoms with Gasteiger partial charge in [0.15, 0.2) is 18.0 Å². The van der Waals surface area contributed by atoms with Gasteiger partial charge in [-0.1, -0.05) is 30.6 Å². The standard InChI is InChI=1S/C19H20N4O4/c1-3-4-13-23(18-8-6-5-7-17(18)20-22-23)27-19(25)15-9-11-16(12-10-15)26-21-14(2)24/h5-12H,3-4,13H2,1-2H3/p+1. The first-order valence-electron chi connectivity index (χ1n) is 8.72. The summed E-state index contributed by atoms with van der Waals surface area (Å²) in [6.07, 6.45) is 1.76. The van der Waals surface area contributed by atoms with Crippen LogP contribution in [-0.4, -0.2) is 18.4 Å². The molecule has 27 heavy (non-hydrogen) atoms. The van der Waals surface area contributed by atoms with E-state index in [2.05, 4.69) is 22.7 Å². The highest BCUT2D eigenvalue weighted by atomic mass is 16.8. The smallest absolute Gasteiger partial charge is 0.380 e. The van der Waals surface area contributed by atoms with Gasteiger partial charge >= 0.3 is 5.97 Å². The van der Waals surface area contributed by atoms with Crippen LogP contribution in [0.2, 0.25) is 0 Å². The molecule has 1 aliphatic heterocycles. The Morgan fingerprint density at radius 3 is 2.56 bits per heavy atom. The zero-order chi connectivity index (χ0) is 19.3. The minimum absolute atomic E-state index is 0.299. The third-order valence-electron chi connectivity index (χ3n) is 4.01. The second kappa shape index (κ2) is 7.96. The summed E-state index contributed by atoms with van der Waals surface area (Å²) in [7, 11) is 0. The van der Waals surface area contributed by atoms with Gasteiger partial charge in [-0.3, -0.25) is 4.79 Å². The predicted octanol–water partition coefficient (Wildman–Crippen LogP) is 4.01. The Morgan fingerprint density at radius 2 is 1.85 bits per heavy atom.